The zero-order valence-electron chi connectivity index (χ0n) is 13.8. The number of amides is 1. The first kappa shape index (κ1) is 16.9. The number of aryl methyl sites for hydroxylation is 1. The monoisotopic (exact) mass is 346 g/mol. The van der Waals surface area contributed by atoms with Crippen LogP contribution in [0.15, 0.2) is 24.3 Å². The van der Waals surface area contributed by atoms with Gasteiger partial charge in [0.2, 0.25) is 5.91 Å². The number of carboxylic acid groups (broad SMARTS) is 1. The van der Waals surface area contributed by atoms with Gasteiger partial charge in [0.1, 0.15) is 0 Å². The summed E-state index contributed by atoms with van der Waals surface area (Å²) < 4.78 is 1.20. The van der Waals surface area contributed by atoms with Gasteiger partial charge < -0.3 is 10.0 Å². The summed E-state index contributed by atoms with van der Waals surface area (Å²) in [6.07, 6.45) is 3.68. The Kier molecular flexibility index (Phi) is 5.14. The number of unbranched alkanes of at least 4 members (excludes halogenated alkanes) is 1. The van der Waals surface area contributed by atoms with E-state index in [-0.39, 0.29) is 11.9 Å². The van der Waals surface area contributed by atoms with Gasteiger partial charge in [-0.15, -0.1) is 11.3 Å². The molecule has 5 nitrogen and oxygen atoms in total. The molecule has 2 heterocycles. The predicted molar refractivity (Wildman–Crippen MR) is 94.1 cm³/mol. The molecule has 6 heteroatoms. The third kappa shape index (κ3) is 3.59. The molecule has 1 N–H and O–H groups in total. The molecule has 2 unspecified atom stereocenters. The fraction of sp³-hybridized carbons (Fsp3) is 0.500. The molecule has 0 bridgehead atoms. The number of carboxylic acids is 1. The molecule has 0 radical (unpaired) electrons. The van der Waals surface area contributed by atoms with Crippen molar-refractivity contribution in [3.63, 3.8) is 0 Å². The highest BCUT2D eigenvalue weighted by molar-refractivity contribution is 7.18. The van der Waals surface area contributed by atoms with E-state index in [1.165, 1.54) is 4.70 Å². The van der Waals surface area contributed by atoms with Crippen LogP contribution in [0.5, 0.6) is 0 Å². The molecular formula is C18H22N2O3S. The van der Waals surface area contributed by atoms with E-state index < -0.39 is 11.9 Å². The van der Waals surface area contributed by atoms with Crippen LogP contribution in [0, 0.1) is 5.92 Å². The van der Waals surface area contributed by atoms with Crippen molar-refractivity contribution in [1.82, 2.24) is 9.88 Å². The van der Waals surface area contributed by atoms with E-state index >= 15 is 0 Å². The largest absolute Gasteiger partial charge is 0.481 e. The lowest BCUT2D eigenvalue weighted by molar-refractivity contribution is -0.143. The van der Waals surface area contributed by atoms with E-state index in [1.807, 2.05) is 25.1 Å². The summed E-state index contributed by atoms with van der Waals surface area (Å²) in [6.45, 7) is 2.40. The summed E-state index contributed by atoms with van der Waals surface area (Å²) in [5.41, 5.74) is 1.04. The highest BCUT2D eigenvalue weighted by atomic mass is 32.1. The van der Waals surface area contributed by atoms with E-state index in [0.717, 1.165) is 29.8 Å². The number of hydrogen-bond donors (Lipinski definition) is 1. The molecule has 1 aliphatic heterocycles. The first-order valence-electron chi connectivity index (χ1n) is 8.43. The van der Waals surface area contributed by atoms with Crippen LogP contribution in [0.2, 0.25) is 0 Å². The zero-order chi connectivity index (χ0) is 17.1. The normalized spacial score (nSPS) is 20.6. The van der Waals surface area contributed by atoms with Crippen molar-refractivity contribution in [2.75, 3.05) is 6.54 Å². The minimum atomic E-state index is -0.798. The zero-order valence-corrected chi connectivity index (χ0v) is 14.6. The first-order chi connectivity index (χ1) is 11.6. The number of para-hydroxylation sites is 1. The number of benzene rings is 1. The minimum Gasteiger partial charge on any atom is -0.481 e. The number of aromatic nitrogens is 1. The number of hydrogen-bond acceptors (Lipinski definition) is 4. The Hall–Kier alpha value is -1.95. The molecule has 24 heavy (non-hydrogen) atoms. The van der Waals surface area contributed by atoms with Crippen molar-refractivity contribution in [3.05, 3.63) is 29.3 Å². The number of rotatable bonds is 6. The van der Waals surface area contributed by atoms with Crippen LogP contribution < -0.4 is 0 Å². The molecule has 1 aromatic carbocycles. The predicted octanol–water partition coefficient (Wildman–Crippen LogP) is 3.33. The van der Waals surface area contributed by atoms with Crippen molar-refractivity contribution in [2.45, 2.75) is 45.1 Å². The van der Waals surface area contributed by atoms with E-state index in [0.29, 0.717) is 19.4 Å². The third-order valence-electron chi connectivity index (χ3n) is 4.76. The Labute approximate surface area is 145 Å². The molecule has 1 aromatic heterocycles. The Morgan fingerprint density at radius 2 is 2.12 bits per heavy atom. The molecule has 0 aliphatic carbocycles. The molecule has 2 aromatic rings. The first-order valence-corrected chi connectivity index (χ1v) is 9.24. The van der Waals surface area contributed by atoms with Gasteiger partial charge in [0.25, 0.3) is 0 Å². The van der Waals surface area contributed by atoms with Gasteiger partial charge in [-0.3, -0.25) is 9.59 Å². The second-order valence-electron chi connectivity index (χ2n) is 6.34. The summed E-state index contributed by atoms with van der Waals surface area (Å²) in [5, 5.41) is 10.3. The Bertz CT molecular complexity index is 710. The van der Waals surface area contributed by atoms with Crippen molar-refractivity contribution in [3.8, 4) is 0 Å². The van der Waals surface area contributed by atoms with Crippen LogP contribution in [0.3, 0.4) is 0 Å². The van der Waals surface area contributed by atoms with E-state index in [1.54, 1.807) is 16.2 Å². The number of nitrogens with zero attached hydrogens (tertiary/aromatic N) is 2. The van der Waals surface area contributed by atoms with Gasteiger partial charge in [-0.2, -0.15) is 0 Å². The topological polar surface area (TPSA) is 70.5 Å². The fourth-order valence-electron chi connectivity index (χ4n) is 3.34. The summed E-state index contributed by atoms with van der Waals surface area (Å²) >= 11 is 1.71. The van der Waals surface area contributed by atoms with Gasteiger partial charge in [-0.1, -0.05) is 12.1 Å². The van der Waals surface area contributed by atoms with Gasteiger partial charge in [0, 0.05) is 19.0 Å². The number of carbonyl (C=O) groups excluding carboxylic acids is 1. The SMILES string of the molecule is CC1C(C(=O)O)CCN1C(=O)CCCCc1nc2ccccc2s1. The molecule has 0 saturated carbocycles. The fourth-order valence-corrected chi connectivity index (χ4v) is 4.35. The molecular weight excluding hydrogens is 324 g/mol. The van der Waals surface area contributed by atoms with Gasteiger partial charge in [-0.25, -0.2) is 4.98 Å². The van der Waals surface area contributed by atoms with E-state index in [9.17, 15) is 9.59 Å². The number of aliphatic carboxylic acids is 1. The highest BCUT2D eigenvalue weighted by Gasteiger charge is 2.37. The average molecular weight is 346 g/mol. The van der Waals surface area contributed by atoms with Crippen LogP contribution in [0.4, 0.5) is 0 Å². The third-order valence-corrected chi connectivity index (χ3v) is 5.86. The number of likely N-dealkylation sites (tertiary alicyclic amines) is 1. The average Bonchev–Trinajstić information content (AvgIpc) is 3.14. The lowest BCUT2D eigenvalue weighted by Gasteiger charge is -2.23. The molecule has 1 saturated heterocycles. The maximum absolute atomic E-state index is 12.3. The van der Waals surface area contributed by atoms with Crippen molar-refractivity contribution in [2.24, 2.45) is 5.92 Å². The second-order valence-corrected chi connectivity index (χ2v) is 7.46. The van der Waals surface area contributed by atoms with Gasteiger partial charge >= 0.3 is 5.97 Å². The minimum absolute atomic E-state index is 0.0792. The maximum atomic E-state index is 12.3. The second kappa shape index (κ2) is 7.30. The standard InChI is InChI=1S/C18H22N2O3S/c1-12-13(18(22)23)10-11-20(12)17(21)9-5-4-8-16-19-14-6-2-3-7-15(14)24-16/h2-3,6-7,12-13H,4-5,8-11H2,1H3,(H,22,23). The Morgan fingerprint density at radius 1 is 1.33 bits per heavy atom. The summed E-state index contributed by atoms with van der Waals surface area (Å²) in [7, 11) is 0. The molecule has 1 aliphatic rings. The van der Waals surface area contributed by atoms with Crippen molar-refractivity contribution in [1.29, 1.82) is 0 Å². The summed E-state index contributed by atoms with van der Waals surface area (Å²) in [5.74, 6) is -1.14. The lowest BCUT2D eigenvalue weighted by Crippen LogP contribution is -2.37. The smallest absolute Gasteiger partial charge is 0.308 e. The summed E-state index contributed by atoms with van der Waals surface area (Å²) in [6, 6.07) is 7.91. The molecule has 3 rings (SSSR count). The molecule has 1 fully saturated rings. The number of fused-ring (bicyclic) bond motifs is 1. The summed E-state index contributed by atoms with van der Waals surface area (Å²) in [4.78, 5) is 29.8. The van der Waals surface area contributed by atoms with Crippen LogP contribution in [0.25, 0.3) is 10.2 Å². The van der Waals surface area contributed by atoms with Crippen LogP contribution in [-0.2, 0) is 16.0 Å². The molecule has 0 spiro atoms. The van der Waals surface area contributed by atoms with Gasteiger partial charge in [0.05, 0.1) is 21.1 Å². The number of carbonyl (C=O) groups is 2. The quantitative estimate of drug-likeness (QED) is 0.815. The van der Waals surface area contributed by atoms with Gasteiger partial charge in [-0.05, 0) is 44.7 Å². The maximum Gasteiger partial charge on any atom is 0.308 e. The van der Waals surface area contributed by atoms with Crippen molar-refractivity contribution < 1.29 is 14.7 Å². The van der Waals surface area contributed by atoms with Crippen molar-refractivity contribution >= 4 is 33.4 Å². The highest BCUT2D eigenvalue weighted by Crippen LogP contribution is 2.26. The van der Waals surface area contributed by atoms with E-state index in [4.69, 9.17) is 5.11 Å². The van der Waals surface area contributed by atoms with E-state index in [2.05, 4.69) is 11.1 Å². The Morgan fingerprint density at radius 3 is 2.83 bits per heavy atom. The number of thiazole rings is 1. The lowest BCUT2D eigenvalue weighted by atomic mass is 10.0. The van der Waals surface area contributed by atoms with Gasteiger partial charge in [0.15, 0.2) is 0 Å². The van der Waals surface area contributed by atoms with Crippen LogP contribution >= 0.6 is 11.3 Å². The molecule has 128 valence electrons. The molecule has 1 amide bonds. The molecule has 2 atom stereocenters. The van der Waals surface area contributed by atoms with Crippen LogP contribution in [0.1, 0.15) is 37.6 Å². The Balaban J connectivity index is 1.45. The van der Waals surface area contributed by atoms with Crippen LogP contribution in [-0.4, -0.2) is 39.5 Å².